The predicted octanol–water partition coefficient (Wildman–Crippen LogP) is 2.88. The largest absolute Gasteiger partial charge is 0.425 e. The minimum atomic E-state index is 0.356. The van der Waals surface area contributed by atoms with Crippen LogP contribution in [0.25, 0.3) is 0 Å². The van der Waals surface area contributed by atoms with Crippen molar-refractivity contribution in [1.29, 1.82) is 0 Å². The van der Waals surface area contributed by atoms with Crippen molar-refractivity contribution in [3.8, 4) is 11.7 Å². The fourth-order valence-electron chi connectivity index (χ4n) is 1.33. The lowest BCUT2D eigenvalue weighted by molar-refractivity contribution is 0.343. The molecule has 0 saturated heterocycles. The molecule has 0 aliphatic heterocycles. The number of nitrogens with zero attached hydrogens (tertiary/aromatic N) is 1. The summed E-state index contributed by atoms with van der Waals surface area (Å²) in [5.41, 5.74) is 2.31. The van der Waals surface area contributed by atoms with Crippen LogP contribution in [0.5, 0.6) is 11.7 Å². The summed E-state index contributed by atoms with van der Waals surface area (Å²) in [5, 5.41) is 0. The molecule has 3 nitrogen and oxygen atoms in total. The molecule has 1 aromatic heterocycles. The second-order valence-corrected chi connectivity index (χ2v) is 3.20. The van der Waals surface area contributed by atoms with Gasteiger partial charge in [-0.15, -0.1) is 0 Å². The van der Waals surface area contributed by atoms with Crippen LogP contribution in [0.4, 0.5) is 0 Å². The van der Waals surface area contributed by atoms with E-state index in [9.17, 15) is 0 Å². The van der Waals surface area contributed by atoms with Crippen LogP contribution in [-0.4, -0.2) is 4.98 Å². The molecule has 1 heterocycles. The maximum atomic E-state index is 5.42. The number of aryl methyl sites for hydroxylation is 2. The molecule has 2 rings (SSSR count). The van der Waals surface area contributed by atoms with Crippen molar-refractivity contribution in [3.63, 3.8) is 0 Å². The molecule has 0 bridgehead atoms. The number of benzene rings is 1. The van der Waals surface area contributed by atoms with E-state index in [4.69, 9.17) is 9.15 Å². The first-order chi connectivity index (χ1) is 6.74. The Balaban J connectivity index is 2.25. The van der Waals surface area contributed by atoms with E-state index in [1.54, 1.807) is 0 Å². The Morgan fingerprint density at radius 3 is 2.50 bits per heavy atom. The molecule has 0 fully saturated rings. The molecule has 2 aromatic rings. The maximum Gasteiger partial charge on any atom is 0.311 e. The van der Waals surface area contributed by atoms with Crippen molar-refractivity contribution in [2.24, 2.45) is 0 Å². The molecular formula is C11H10NO2. The summed E-state index contributed by atoms with van der Waals surface area (Å²) in [4.78, 5) is 3.65. The van der Waals surface area contributed by atoms with E-state index >= 15 is 0 Å². The smallest absolute Gasteiger partial charge is 0.311 e. The number of oxazole rings is 1. The zero-order valence-corrected chi connectivity index (χ0v) is 8.07. The predicted molar refractivity (Wildman–Crippen MR) is 51.3 cm³/mol. The van der Waals surface area contributed by atoms with Gasteiger partial charge in [-0.2, -0.15) is 0 Å². The zero-order chi connectivity index (χ0) is 9.97. The van der Waals surface area contributed by atoms with Gasteiger partial charge < -0.3 is 9.15 Å². The van der Waals surface area contributed by atoms with Gasteiger partial charge in [-0.25, -0.2) is 4.98 Å². The van der Waals surface area contributed by atoms with E-state index in [0.29, 0.717) is 5.95 Å². The van der Waals surface area contributed by atoms with Gasteiger partial charge in [0.2, 0.25) is 0 Å². The molecule has 71 valence electrons. The van der Waals surface area contributed by atoms with Gasteiger partial charge in [-0.3, -0.25) is 0 Å². The number of rotatable bonds is 2. The summed E-state index contributed by atoms with van der Waals surface area (Å²) in [6.07, 6.45) is 3.81. The molecule has 0 spiro atoms. The molecule has 0 aliphatic carbocycles. The van der Waals surface area contributed by atoms with Crippen molar-refractivity contribution in [2.75, 3.05) is 0 Å². The maximum absolute atomic E-state index is 5.42. The van der Waals surface area contributed by atoms with E-state index in [-0.39, 0.29) is 0 Å². The second-order valence-electron chi connectivity index (χ2n) is 3.20. The Bertz CT molecular complexity index is 401. The summed E-state index contributed by atoms with van der Waals surface area (Å²) in [6, 6.07) is 5.96. The van der Waals surface area contributed by atoms with Crippen LogP contribution in [0.15, 0.2) is 28.8 Å². The SMILES string of the molecule is Cc1cc(C)cc(Oc2cn[c]o2)c1. The summed E-state index contributed by atoms with van der Waals surface area (Å²) in [7, 11) is 0. The monoisotopic (exact) mass is 188 g/mol. The molecule has 0 atom stereocenters. The van der Waals surface area contributed by atoms with E-state index < -0.39 is 0 Å². The third-order valence-corrected chi connectivity index (χ3v) is 1.78. The van der Waals surface area contributed by atoms with E-state index in [0.717, 1.165) is 16.9 Å². The highest BCUT2D eigenvalue weighted by Gasteiger charge is 2.01. The summed E-state index contributed by atoms with van der Waals surface area (Å²) in [6.45, 7) is 4.04. The quantitative estimate of drug-likeness (QED) is 0.726. The van der Waals surface area contributed by atoms with Gasteiger partial charge in [0.1, 0.15) is 11.9 Å². The highest BCUT2D eigenvalue weighted by atomic mass is 16.6. The highest BCUT2D eigenvalue weighted by molar-refractivity contribution is 5.34. The van der Waals surface area contributed by atoms with E-state index in [1.165, 1.54) is 6.20 Å². The minimum absolute atomic E-state index is 0.356. The number of aromatic nitrogens is 1. The molecular weight excluding hydrogens is 178 g/mol. The normalized spacial score (nSPS) is 10.1. The van der Waals surface area contributed by atoms with Crippen LogP contribution < -0.4 is 4.74 Å². The lowest BCUT2D eigenvalue weighted by Gasteiger charge is -2.03. The first-order valence-corrected chi connectivity index (χ1v) is 4.32. The average molecular weight is 188 g/mol. The van der Waals surface area contributed by atoms with Gasteiger partial charge in [0.15, 0.2) is 0 Å². The van der Waals surface area contributed by atoms with Crippen LogP contribution >= 0.6 is 0 Å². The van der Waals surface area contributed by atoms with Gasteiger partial charge in [0.25, 0.3) is 6.39 Å². The standard InChI is InChI=1S/C11H10NO2/c1-8-3-9(2)5-10(4-8)14-11-6-12-7-13-11/h3-6H,1-2H3. The Labute approximate surface area is 82.3 Å². The Morgan fingerprint density at radius 1 is 1.21 bits per heavy atom. The number of hydrogen-bond donors (Lipinski definition) is 0. The van der Waals surface area contributed by atoms with Crippen LogP contribution in [0.1, 0.15) is 11.1 Å². The highest BCUT2D eigenvalue weighted by Crippen LogP contribution is 2.22. The van der Waals surface area contributed by atoms with Crippen molar-refractivity contribution in [2.45, 2.75) is 13.8 Å². The van der Waals surface area contributed by atoms with Crippen molar-refractivity contribution < 1.29 is 9.15 Å². The van der Waals surface area contributed by atoms with Gasteiger partial charge in [-0.05, 0) is 37.1 Å². The van der Waals surface area contributed by atoms with Gasteiger partial charge >= 0.3 is 5.95 Å². The molecule has 0 aliphatic rings. The molecule has 3 heteroatoms. The van der Waals surface area contributed by atoms with Crippen molar-refractivity contribution >= 4 is 0 Å². The van der Waals surface area contributed by atoms with Gasteiger partial charge in [-0.1, -0.05) is 6.07 Å². The molecule has 0 saturated carbocycles. The Kier molecular flexibility index (Phi) is 2.23. The Hall–Kier alpha value is -1.77. The minimum Gasteiger partial charge on any atom is -0.425 e. The van der Waals surface area contributed by atoms with Crippen LogP contribution in [0, 0.1) is 20.2 Å². The summed E-state index contributed by atoms with van der Waals surface area (Å²) < 4.78 is 10.3. The van der Waals surface area contributed by atoms with Crippen LogP contribution in [-0.2, 0) is 0 Å². The van der Waals surface area contributed by atoms with E-state index in [1.807, 2.05) is 26.0 Å². The average Bonchev–Trinajstić information content (AvgIpc) is 2.54. The van der Waals surface area contributed by atoms with Crippen LogP contribution in [0.3, 0.4) is 0 Å². The molecule has 0 unspecified atom stereocenters. The van der Waals surface area contributed by atoms with Gasteiger partial charge in [0.05, 0.1) is 0 Å². The van der Waals surface area contributed by atoms with Gasteiger partial charge in [0, 0.05) is 0 Å². The van der Waals surface area contributed by atoms with Crippen LogP contribution in [0.2, 0.25) is 0 Å². The molecule has 14 heavy (non-hydrogen) atoms. The van der Waals surface area contributed by atoms with Crippen molar-refractivity contribution in [1.82, 2.24) is 4.98 Å². The fourth-order valence-corrected chi connectivity index (χ4v) is 1.33. The van der Waals surface area contributed by atoms with Crippen molar-refractivity contribution in [3.05, 3.63) is 41.9 Å². The summed E-state index contributed by atoms with van der Waals surface area (Å²) >= 11 is 0. The summed E-state index contributed by atoms with van der Waals surface area (Å²) in [5.74, 6) is 1.11. The Morgan fingerprint density at radius 2 is 1.93 bits per heavy atom. The second kappa shape index (κ2) is 3.54. The third-order valence-electron chi connectivity index (χ3n) is 1.78. The third kappa shape index (κ3) is 1.93. The molecule has 1 radical (unpaired) electrons. The molecule has 0 N–H and O–H groups in total. The fraction of sp³-hybridized carbons (Fsp3) is 0.182. The molecule has 1 aromatic carbocycles. The molecule has 0 amide bonds. The van der Waals surface area contributed by atoms with E-state index in [2.05, 4.69) is 17.4 Å². The topological polar surface area (TPSA) is 35.3 Å². The number of hydrogen-bond acceptors (Lipinski definition) is 3. The first kappa shape index (κ1) is 8.81. The lowest BCUT2D eigenvalue weighted by Crippen LogP contribution is -1.84. The lowest BCUT2D eigenvalue weighted by atomic mass is 10.1. The number of ether oxygens (including phenoxy) is 1. The zero-order valence-electron chi connectivity index (χ0n) is 8.07. The first-order valence-electron chi connectivity index (χ1n) is 4.32.